The molecule has 1 atom stereocenters. The zero-order valence-electron chi connectivity index (χ0n) is 11.0. The van der Waals surface area contributed by atoms with Gasteiger partial charge in [0.1, 0.15) is 6.04 Å². The Balaban J connectivity index is 2.77. The van der Waals surface area contributed by atoms with Crippen molar-refractivity contribution in [2.24, 2.45) is 5.92 Å². The van der Waals surface area contributed by atoms with Gasteiger partial charge < -0.3 is 10.4 Å². The van der Waals surface area contributed by atoms with Crippen LogP contribution in [0.4, 0.5) is 0 Å². The molecule has 0 saturated carbocycles. The number of aromatic nitrogens is 2. The molecule has 2 N–H and O–H groups in total. The standard InChI is InChI=1S/C12H19N3O3/c1-7(2)10(12(17)18)14-11(16)9-5-13-15(6-9)8(3)4/h5-8,10H,1-4H3,(H,14,16)(H,17,18)/t10-/m0/s1. The van der Waals surface area contributed by atoms with E-state index in [0.29, 0.717) is 5.56 Å². The average Bonchev–Trinajstić information content (AvgIpc) is 2.73. The van der Waals surface area contributed by atoms with E-state index in [1.54, 1.807) is 24.7 Å². The van der Waals surface area contributed by atoms with E-state index in [-0.39, 0.29) is 12.0 Å². The normalized spacial score (nSPS) is 12.8. The van der Waals surface area contributed by atoms with Gasteiger partial charge in [-0.15, -0.1) is 0 Å². The summed E-state index contributed by atoms with van der Waals surface area (Å²) in [4.78, 5) is 22.9. The first kappa shape index (κ1) is 14.2. The number of carbonyl (C=O) groups is 2. The van der Waals surface area contributed by atoms with Crippen LogP contribution < -0.4 is 5.32 Å². The Hall–Kier alpha value is -1.85. The molecule has 6 nitrogen and oxygen atoms in total. The maximum Gasteiger partial charge on any atom is 0.326 e. The van der Waals surface area contributed by atoms with Crippen LogP contribution in [0.3, 0.4) is 0 Å². The molecular weight excluding hydrogens is 234 g/mol. The number of aliphatic carboxylic acids is 1. The van der Waals surface area contributed by atoms with E-state index in [1.807, 2.05) is 13.8 Å². The van der Waals surface area contributed by atoms with E-state index in [2.05, 4.69) is 10.4 Å². The first-order valence-corrected chi connectivity index (χ1v) is 5.90. The Kier molecular flexibility index (Phi) is 4.47. The Morgan fingerprint density at radius 2 is 1.94 bits per heavy atom. The van der Waals surface area contributed by atoms with E-state index in [0.717, 1.165) is 0 Å². The predicted molar refractivity (Wildman–Crippen MR) is 66.3 cm³/mol. The summed E-state index contributed by atoms with van der Waals surface area (Å²) >= 11 is 0. The van der Waals surface area contributed by atoms with E-state index < -0.39 is 17.9 Å². The lowest BCUT2D eigenvalue weighted by Crippen LogP contribution is -2.44. The van der Waals surface area contributed by atoms with Gasteiger partial charge in [-0.3, -0.25) is 9.48 Å². The van der Waals surface area contributed by atoms with E-state index in [1.165, 1.54) is 6.20 Å². The summed E-state index contributed by atoms with van der Waals surface area (Å²) in [6.07, 6.45) is 3.05. The minimum Gasteiger partial charge on any atom is -0.480 e. The highest BCUT2D eigenvalue weighted by molar-refractivity contribution is 5.96. The summed E-state index contributed by atoms with van der Waals surface area (Å²) in [5.41, 5.74) is 0.371. The molecule has 1 aromatic heterocycles. The average molecular weight is 253 g/mol. The van der Waals surface area contributed by atoms with E-state index in [4.69, 9.17) is 5.11 Å². The monoisotopic (exact) mass is 253 g/mol. The fourth-order valence-corrected chi connectivity index (χ4v) is 1.48. The molecule has 0 spiro atoms. The number of amides is 1. The maximum atomic E-state index is 11.9. The molecule has 1 rings (SSSR count). The molecule has 0 bridgehead atoms. The largest absolute Gasteiger partial charge is 0.480 e. The van der Waals surface area contributed by atoms with Gasteiger partial charge in [0.05, 0.1) is 11.8 Å². The first-order chi connectivity index (χ1) is 8.32. The quantitative estimate of drug-likeness (QED) is 0.828. The second-order valence-corrected chi connectivity index (χ2v) is 4.84. The Labute approximate surface area is 106 Å². The number of carbonyl (C=O) groups excluding carboxylic acids is 1. The van der Waals surface area contributed by atoms with Crippen molar-refractivity contribution in [3.05, 3.63) is 18.0 Å². The fraction of sp³-hybridized carbons (Fsp3) is 0.583. The molecule has 6 heteroatoms. The maximum absolute atomic E-state index is 11.9. The highest BCUT2D eigenvalue weighted by atomic mass is 16.4. The number of carboxylic acids is 1. The molecule has 0 radical (unpaired) electrons. The van der Waals surface area contributed by atoms with E-state index >= 15 is 0 Å². The smallest absolute Gasteiger partial charge is 0.326 e. The van der Waals surface area contributed by atoms with Crippen molar-refractivity contribution >= 4 is 11.9 Å². The number of nitrogens with zero attached hydrogens (tertiary/aromatic N) is 2. The molecule has 0 unspecified atom stereocenters. The van der Waals surface area contributed by atoms with Crippen LogP contribution in [0.25, 0.3) is 0 Å². The number of rotatable bonds is 5. The SMILES string of the molecule is CC(C)[C@H](NC(=O)c1cnn(C(C)C)c1)C(=O)O. The molecule has 0 aliphatic rings. The minimum absolute atomic E-state index is 0.159. The second-order valence-electron chi connectivity index (χ2n) is 4.84. The van der Waals surface area contributed by atoms with Crippen molar-refractivity contribution in [1.29, 1.82) is 0 Å². The fourth-order valence-electron chi connectivity index (χ4n) is 1.48. The van der Waals surface area contributed by atoms with Crippen LogP contribution in [-0.2, 0) is 4.79 Å². The predicted octanol–water partition coefficient (Wildman–Crippen LogP) is 1.30. The molecule has 100 valence electrons. The van der Waals surface area contributed by atoms with Crippen LogP contribution in [0.1, 0.15) is 44.1 Å². The van der Waals surface area contributed by atoms with Crippen molar-refractivity contribution in [2.45, 2.75) is 39.8 Å². The summed E-state index contributed by atoms with van der Waals surface area (Å²) in [5.74, 6) is -1.62. The number of hydrogen-bond donors (Lipinski definition) is 2. The van der Waals surface area contributed by atoms with Gasteiger partial charge in [0.2, 0.25) is 0 Å². The molecule has 1 heterocycles. The van der Waals surface area contributed by atoms with Crippen molar-refractivity contribution in [3.63, 3.8) is 0 Å². The summed E-state index contributed by atoms with van der Waals surface area (Å²) in [6.45, 7) is 7.39. The lowest BCUT2D eigenvalue weighted by Gasteiger charge is -2.17. The number of nitrogens with one attached hydrogen (secondary N) is 1. The molecule has 0 aromatic carbocycles. The van der Waals surface area contributed by atoms with Crippen LogP contribution in [0.5, 0.6) is 0 Å². The molecule has 18 heavy (non-hydrogen) atoms. The van der Waals surface area contributed by atoms with Gasteiger partial charge in [0, 0.05) is 12.2 Å². The van der Waals surface area contributed by atoms with Gasteiger partial charge in [-0.1, -0.05) is 13.8 Å². The third-order valence-corrected chi connectivity index (χ3v) is 2.61. The lowest BCUT2D eigenvalue weighted by molar-refractivity contribution is -0.140. The van der Waals surface area contributed by atoms with E-state index in [9.17, 15) is 9.59 Å². The van der Waals surface area contributed by atoms with Gasteiger partial charge in [0.25, 0.3) is 5.91 Å². The van der Waals surface area contributed by atoms with Gasteiger partial charge in [0.15, 0.2) is 0 Å². The topological polar surface area (TPSA) is 84.2 Å². The Bertz CT molecular complexity index is 438. The van der Waals surface area contributed by atoms with Crippen molar-refractivity contribution in [1.82, 2.24) is 15.1 Å². The summed E-state index contributed by atoms with van der Waals surface area (Å²) in [5, 5.41) is 15.5. The van der Waals surface area contributed by atoms with Crippen LogP contribution >= 0.6 is 0 Å². The third kappa shape index (κ3) is 3.32. The molecule has 1 amide bonds. The van der Waals surface area contributed by atoms with Gasteiger partial charge in [-0.25, -0.2) is 4.79 Å². The van der Waals surface area contributed by atoms with Crippen molar-refractivity contribution in [3.8, 4) is 0 Å². The summed E-state index contributed by atoms with van der Waals surface area (Å²) < 4.78 is 1.65. The zero-order chi connectivity index (χ0) is 13.9. The number of carboxylic acid groups (broad SMARTS) is 1. The summed E-state index contributed by atoms with van der Waals surface area (Å²) in [7, 11) is 0. The van der Waals surface area contributed by atoms with Crippen molar-refractivity contribution in [2.75, 3.05) is 0 Å². The minimum atomic E-state index is -1.03. The zero-order valence-corrected chi connectivity index (χ0v) is 11.0. The summed E-state index contributed by atoms with van der Waals surface area (Å²) in [6, 6.07) is -0.730. The second kappa shape index (κ2) is 5.66. The Morgan fingerprint density at radius 1 is 1.33 bits per heavy atom. The van der Waals surface area contributed by atoms with Crippen LogP contribution in [0.2, 0.25) is 0 Å². The molecule has 0 aliphatic carbocycles. The Morgan fingerprint density at radius 3 is 2.33 bits per heavy atom. The third-order valence-electron chi connectivity index (χ3n) is 2.61. The van der Waals surface area contributed by atoms with Gasteiger partial charge in [-0.05, 0) is 19.8 Å². The number of hydrogen-bond acceptors (Lipinski definition) is 3. The highest BCUT2D eigenvalue weighted by Gasteiger charge is 2.24. The first-order valence-electron chi connectivity index (χ1n) is 5.90. The molecule has 0 fully saturated rings. The van der Waals surface area contributed by atoms with Gasteiger partial charge in [-0.2, -0.15) is 5.10 Å². The van der Waals surface area contributed by atoms with Crippen LogP contribution in [-0.4, -0.2) is 32.8 Å². The molecule has 1 aromatic rings. The molecule has 0 saturated heterocycles. The van der Waals surface area contributed by atoms with Gasteiger partial charge >= 0.3 is 5.97 Å². The van der Waals surface area contributed by atoms with Crippen LogP contribution in [0.15, 0.2) is 12.4 Å². The molecular formula is C12H19N3O3. The molecule has 0 aliphatic heterocycles. The highest BCUT2D eigenvalue weighted by Crippen LogP contribution is 2.07. The van der Waals surface area contributed by atoms with Crippen LogP contribution in [0, 0.1) is 5.92 Å². The lowest BCUT2D eigenvalue weighted by atomic mass is 10.0. The van der Waals surface area contributed by atoms with Crippen molar-refractivity contribution < 1.29 is 14.7 Å².